The molecule has 0 saturated carbocycles. The van der Waals surface area contributed by atoms with Crippen LogP contribution in [-0.4, -0.2) is 52.6 Å². The summed E-state index contributed by atoms with van der Waals surface area (Å²) in [6.07, 6.45) is 2.55. The zero-order valence-corrected chi connectivity index (χ0v) is 17.4. The summed E-state index contributed by atoms with van der Waals surface area (Å²) < 4.78 is 26.5. The van der Waals surface area contributed by atoms with Crippen LogP contribution in [0.4, 0.5) is 0 Å². The molecule has 0 spiro atoms. The van der Waals surface area contributed by atoms with Crippen LogP contribution in [0.3, 0.4) is 0 Å². The molecule has 1 aromatic rings. The minimum absolute atomic E-state index is 0.0307. The maximum absolute atomic E-state index is 13.2. The molecule has 0 aromatic heterocycles. The standard InChI is InChI=1S/C18H24ClN5O2S/c1-12-10-14(8-9-24(3)4)23-18(22-12)16(17(20)21-2)27(25,26)15-7-5-6-13(19)11-15/h5-7,10-11,22H,8-9H2,1-4H3,(H2,20,21)/b18-16+. The lowest BCUT2D eigenvalue weighted by Gasteiger charge is -2.20. The number of allylic oxidation sites excluding steroid dienone is 2. The van der Waals surface area contributed by atoms with E-state index in [0.717, 1.165) is 18.0 Å². The number of nitrogens with two attached hydrogens (primary N) is 1. The average molecular weight is 410 g/mol. The largest absolute Gasteiger partial charge is 0.383 e. The van der Waals surface area contributed by atoms with Gasteiger partial charge in [0.2, 0.25) is 9.84 Å². The van der Waals surface area contributed by atoms with Gasteiger partial charge in [-0.05, 0) is 45.3 Å². The number of hydrogen-bond donors (Lipinski definition) is 2. The van der Waals surface area contributed by atoms with Crippen molar-refractivity contribution in [2.45, 2.75) is 18.2 Å². The van der Waals surface area contributed by atoms with Crippen molar-refractivity contribution in [2.75, 3.05) is 27.7 Å². The zero-order valence-electron chi connectivity index (χ0n) is 15.8. The zero-order chi connectivity index (χ0) is 20.2. The van der Waals surface area contributed by atoms with Crippen LogP contribution in [0.1, 0.15) is 13.3 Å². The first kappa shape index (κ1) is 21.1. The highest BCUT2D eigenvalue weighted by atomic mass is 35.5. The fourth-order valence-electron chi connectivity index (χ4n) is 2.49. The van der Waals surface area contributed by atoms with Gasteiger partial charge in [0.1, 0.15) is 5.84 Å². The molecule has 1 aromatic carbocycles. The Kier molecular flexibility index (Phi) is 6.80. The molecule has 0 bridgehead atoms. The van der Waals surface area contributed by atoms with Crippen LogP contribution in [-0.2, 0) is 9.84 Å². The van der Waals surface area contributed by atoms with Crippen molar-refractivity contribution < 1.29 is 8.42 Å². The van der Waals surface area contributed by atoms with Gasteiger partial charge in [0.05, 0.1) is 4.90 Å². The third kappa shape index (κ3) is 5.18. The first-order chi connectivity index (χ1) is 12.6. The van der Waals surface area contributed by atoms with E-state index in [-0.39, 0.29) is 21.5 Å². The predicted molar refractivity (Wildman–Crippen MR) is 111 cm³/mol. The summed E-state index contributed by atoms with van der Waals surface area (Å²) in [6, 6.07) is 6.02. The highest BCUT2D eigenvalue weighted by Gasteiger charge is 2.29. The van der Waals surface area contributed by atoms with Crippen LogP contribution in [0.15, 0.2) is 61.6 Å². The summed E-state index contributed by atoms with van der Waals surface area (Å²) in [6.45, 7) is 2.62. The van der Waals surface area contributed by atoms with Gasteiger partial charge in [0, 0.05) is 36.4 Å². The molecule has 1 aliphatic heterocycles. The van der Waals surface area contributed by atoms with Gasteiger partial charge in [0.25, 0.3) is 0 Å². The Morgan fingerprint density at radius 1 is 1.37 bits per heavy atom. The Bertz CT molecular complexity index is 946. The monoisotopic (exact) mass is 409 g/mol. The third-order valence-electron chi connectivity index (χ3n) is 3.83. The molecule has 146 valence electrons. The molecule has 0 atom stereocenters. The molecule has 0 aliphatic carbocycles. The number of nitrogens with zero attached hydrogens (tertiary/aromatic N) is 3. The lowest BCUT2D eigenvalue weighted by molar-refractivity contribution is 0.422. The lowest BCUT2D eigenvalue weighted by Crippen LogP contribution is -2.29. The molecular weight excluding hydrogens is 386 g/mol. The number of aliphatic imine (C=N–C) groups is 2. The van der Waals surface area contributed by atoms with Crippen molar-refractivity contribution in [1.82, 2.24) is 10.2 Å². The Morgan fingerprint density at radius 2 is 2.07 bits per heavy atom. The molecule has 27 heavy (non-hydrogen) atoms. The number of amidine groups is 1. The molecule has 2 rings (SSSR count). The second-order valence-corrected chi connectivity index (χ2v) is 8.68. The van der Waals surface area contributed by atoms with Crippen molar-refractivity contribution in [3.8, 4) is 0 Å². The van der Waals surface area contributed by atoms with E-state index in [9.17, 15) is 8.42 Å². The van der Waals surface area contributed by atoms with Gasteiger partial charge in [0.15, 0.2) is 10.7 Å². The molecule has 3 N–H and O–H groups in total. The normalized spacial score (nSPS) is 17.3. The summed E-state index contributed by atoms with van der Waals surface area (Å²) in [5.74, 6) is 0.0368. The van der Waals surface area contributed by atoms with Crippen LogP contribution in [0.5, 0.6) is 0 Å². The van der Waals surface area contributed by atoms with Crippen molar-refractivity contribution in [3.63, 3.8) is 0 Å². The molecule has 0 saturated heterocycles. The first-order valence-electron chi connectivity index (χ1n) is 8.30. The Morgan fingerprint density at radius 3 is 2.67 bits per heavy atom. The van der Waals surface area contributed by atoms with Crippen molar-refractivity contribution in [3.05, 3.63) is 51.8 Å². The van der Waals surface area contributed by atoms with Gasteiger partial charge in [-0.15, -0.1) is 0 Å². The van der Waals surface area contributed by atoms with Gasteiger partial charge >= 0.3 is 0 Å². The van der Waals surface area contributed by atoms with Crippen molar-refractivity contribution in [2.24, 2.45) is 15.7 Å². The predicted octanol–water partition coefficient (Wildman–Crippen LogP) is 2.17. The molecule has 1 aliphatic rings. The molecule has 0 radical (unpaired) electrons. The molecule has 0 amide bonds. The maximum atomic E-state index is 13.2. The van der Waals surface area contributed by atoms with E-state index in [1.165, 1.54) is 19.2 Å². The highest BCUT2D eigenvalue weighted by molar-refractivity contribution is 7.96. The van der Waals surface area contributed by atoms with Gasteiger partial charge in [-0.1, -0.05) is 17.7 Å². The minimum Gasteiger partial charge on any atom is -0.383 e. The molecule has 0 fully saturated rings. The van der Waals surface area contributed by atoms with E-state index < -0.39 is 9.84 Å². The summed E-state index contributed by atoms with van der Waals surface area (Å²) in [7, 11) is 1.38. The van der Waals surface area contributed by atoms with Crippen LogP contribution in [0, 0.1) is 0 Å². The topological polar surface area (TPSA) is 100 Å². The number of nitrogens with one attached hydrogen (secondary N) is 1. The van der Waals surface area contributed by atoms with Crippen molar-refractivity contribution >= 4 is 33.0 Å². The van der Waals surface area contributed by atoms with E-state index in [1.807, 2.05) is 32.0 Å². The molecule has 1 heterocycles. The third-order valence-corrected chi connectivity index (χ3v) is 5.88. The number of rotatable bonds is 6. The SMILES string of the molecule is CN=C(N)/C(=C1\N=C(CCN(C)C)C=C(C)N1)S(=O)(=O)c1cccc(Cl)c1. The van der Waals surface area contributed by atoms with Gasteiger partial charge < -0.3 is 16.0 Å². The second kappa shape index (κ2) is 8.69. The van der Waals surface area contributed by atoms with Gasteiger partial charge in [-0.3, -0.25) is 4.99 Å². The Balaban J connectivity index is 2.63. The smallest absolute Gasteiger partial charge is 0.213 e. The number of benzene rings is 1. The number of halogens is 1. The first-order valence-corrected chi connectivity index (χ1v) is 10.2. The summed E-state index contributed by atoms with van der Waals surface area (Å²) in [5, 5.41) is 3.32. The fourth-order valence-corrected chi connectivity index (χ4v) is 4.24. The van der Waals surface area contributed by atoms with E-state index in [4.69, 9.17) is 17.3 Å². The fraction of sp³-hybridized carbons (Fsp3) is 0.333. The van der Waals surface area contributed by atoms with Crippen molar-refractivity contribution in [1.29, 1.82) is 0 Å². The second-order valence-electron chi connectivity index (χ2n) is 6.36. The lowest BCUT2D eigenvalue weighted by atomic mass is 10.2. The molecular formula is C18H24ClN5O2S. The Hall–Kier alpha value is -2.16. The summed E-state index contributed by atoms with van der Waals surface area (Å²) in [5.41, 5.74) is 7.50. The molecule has 9 heteroatoms. The van der Waals surface area contributed by atoms with Crippen LogP contribution in [0.25, 0.3) is 0 Å². The molecule has 0 unspecified atom stereocenters. The highest BCUT2D eigenvalue weighted by Crippen LogP contribution is 2.26. The van der Waals surface area contributed by atoms with E-state index in [1.54, 1.807) is 12.1 Å². The van der Waals surface area contributed by atoms with E-state index in [0.29, 0.717) is 11.4 Å². The van der Waals surface area contributed by atoms with E-state index in [2.05, 4.69) is 15.3 Å². The van der Waals surface area contributed by atoms with Gasteiger partial charge in [-0.2, -0.15) is 0 Å². The maximum Gasteiger partial charge on any atom is 0.213 e. The van der Waals surface area contributed by atoms with Crippen LogP contribution in [0.2, 0.25) is 5.02 Å². The van der Waals surface area contributed by atoms with Crippen LogP contribution < -0.4 is 11.1 Å². The average Bonchev–Trinajstić information content (AvgIpc) is 2.59. The minimum atomic E-state index is -3.98. The molecule has 7 nitrogen and oxygen atoms in total. The summed E-state index contributed by atoms with van der Waals surface area (Å²) >= 11 is 5.97. The number of hydrogen-bond acceptors (Lipinski definition) is 6. The number of sulfone groups is 1. The van der Waals surface area contributed by atoms with Crippen LogP contribution >= 0.6 is 11.6 Å². The quantitative estimate of drug-likeness (QED) is 0.554. The Labute approximate surface area is 165 Å². The van der Waals surface area contributed by atoms with E-state index >= 15 is 0 Å². The van der Waals surface area contributed by atoms with Gasteiger partial charge in [-0.25, -0.2) is 13.4 Å². The summed E-state index contributed by atoms with van der Waals surface area (Å²) in [4.78, 5) is 10.3.